The smallest absolute Gasteiger partial charge is 0.250 e. The lowest BCUT2D eigenvalue weighted by molar-refractivity contribution is -0.130. The summed E-state index contributed by atoms with van der Waals surface area (Å²) in [6.45, 7) is 0.297. The number of amides is 1. The van der Waals surface area contributed by atoms with Crippen LogP contribution in [0.2, 0.25) is 5.02 Å². The van der Waals surface area contributed by atoms with Gasteiger partial charge < -0.3 is 16.2 Å². The van der Waals surface area contributed by atoms with E-state index in [9.17, 15) is 9.90 Å². The number of benzene rings is 1. The molecular formula is C17H25ClN2O2. The molecule has 1 aliphatic carbocycles. The van der Waals surface area contributed by atoms with Crippen LogP contribution in [-0.2, 0) is 11.3 Å². The monoisotopic (exact) mass is 324 g/mol. The van der Waals surface area contributed by atoms with Crippen molar-refractivity contribution in [2.45, 2.75) is 57.2 Å². The van der Waals surface area contributed by atoms with Crippen molar-refractivity contribution in [1.29, 1.82) is 0 Å². The molecule has 1 amide bonds. The second-order valence-corrected chi connectivity index (χ2v) is 6.56. The maximum atomic E-state index is 12.0. The molecule has 22 heavy (non-hydrogen) atoms. The minimum absolute atomic E-state index is 0.297. The number of carbonyl (C=O) groups excluding carboxylic acids is 1. The highest BCUT2D eigenvalue weighted by atomic mass is 35.5. The maximum Gasteiger partial charge on any atom is 0.250 e. The molecule has 1 aliphatic rings. The van der Waals surface area contributed by atoms with Gasteiger partial charge in [0, 0.05) is 17.6 Å². The topological polar surface area (TPSA) is 75.3 Å². The molecule has 0 saturated heterocycles. The van der Waals surface area contributed by atoms with E-state index in [1.54, 1.807) is 6.07 Å². The third-order valence-electron chi connectivity index (χ3n) is 4.42. The van der Waals surface area contributed by atoms with Crippen molar-refractivity contribution >= 4 is 17.5 Å². The van der Waals surface area contributed by atoms with Crippen molar-refractivity contribution in [3.8, 4) is 0 Å². The summed E-state index contributed by atoms with van der Waals surface area (Å²) < 4.78 is 0. The molecular weight excluding hydrogens is 300 g/mol. The summed E-state index contributed by atoms with van der Waals surface area (Å²) in [6, 6.07) is 6.81. The quantitative estimate of drug-likeness (QED) is 0.753. The normalized spacial score (nSPS) is 18.7. The highest BCUT2D eigenvalue weighted by Crippen LogP contribution is 2.27. The number of aliphatic hydroxyl groups excluding tert-OH is 1. The fourth-order valence-corrected chi connectivity index (χ4v) is 3.26. The van der Waals surface area contributed by atoms with Gasteiger partial charge in [0.1, 0.15) is 6.10 Å². The van der Waals surface area contributed by atoms with Gasteiger partial charge in [-0.1, -0.05) is 61.9 Å². The van der Waals surface area contributed by atoms with Gasteiger partial charge in [0.15, 0.2) is 0 Å². The van der Waals surface area contributed by atoms with Gasteiger partial charge in [-0.25, -0.2) is 0 Å². The zero-order valence-corrected chi connectivity index (χ0v) is 13.6. The summed E-state index contributed by atoms with van der Waals surface area (Å²) >= 11 is 6.04. The number of hydrogen-bond donors (Lipinski definition) is 3. The molecule has 0 radical (unpaired) electrons. The molecule has 4 nitrogen and oxygen atoms in total. The summed E-state index contributed by atoms with van der Waals surface area (Å²) in [5.74, 6) is 0.109. The second-order valence-electron chi connectivity index (χ2n) is 6.16. The molecule has 0 aromatic heterocycles. The third kappa shape index (κ3) is 4.97. The minimum Gasteiger partial charge on any atom is -0.382 e. The van der Waals surface area contributed by atoms with Crippen molar-refractivity contribution in [2.75, 3.05) is 0 Å². The van der Waals surface area contributed by atoms with E-state index in [0.29, 0.717) is 23.9 Å². The standard InChI is InChI=1S/C17H25ClN2O2/c18-14-9-5-4-8-13(14)11-20-17(22)16(21)15(19)10-12-6-2-1-3-7-12/h4-5,8-9,12,15-16,21H,1-3,6-7,10-11,19H2,(H,20,22)/t15-,16?/m1/s1. The molecule has 4 N–H and O–H groups in total. The maximum absolute atomic E-state index is 12.0. The van der Waals surface area contributed by atoms with Crippen molar-refractivity contribution in [2.24, 2.45) is 11.7 Å². The van der Waals surface area contributed by atoms with Gasteiger partial charge in [-0.3, -0.25) is 4.79 Å². The first-order chi connectivity index (χ1) is 10.6. The molecule has 2 atom stereocenters. The highest BCUT2D eigenvalue weighted by Gasteiger charge is 2.26. The van der Waals surface area contributed by atoms with E-state index in [2.05, 4.69) is 5.32 Å². The van der Waals surface area contributed by atoms with Crippen LogP contribution >= 0.6 is 11.6 Å². The van der Waals surface area contributed by atoms with Crippen LogP contribution in [0.5, 0.6) is 0 Å². The molecule has 1 saturated carbocycles. The summed E-state index contributed by atoms with van der Waals surface area (Å²) in [7, 11) is 0. The van der Waals surface area contributed by atoms with Crippen LogP contribution in [-0.4, -0.2) is 23.2 Å². The van der Waals surface area contributed by atoms with Gasteiger partial charge in [-0.2, -0.15) is 0 Å². The van der Waals surface area contributed by atoms with Crippen molar-refractivity contribution < 1.29 is 9.90 Å². The Morgan fingerprint density at radius 1 is 1.32 bits per heavy atom. The number of nitrogens with one attached hydrogen (secondary N) is 1. The largest absolute Gasteiger partial charge is 0.382 e. The Bertz CT molecular complexity index is 489. The molecule has 0 aliphatic heterocycles. The van der Waals surface area contributed by atoms with Gasteiger partial charge >= 0.3 is 0 Å². The Hall–Kier alpha value is -1.10. The van der Waals surface area contributed by atoms with Crippen molar-refractivity contribution in [1.82, 2.24) is 5.32 Å². The molecule has 1 aromatic carbocycles. The molecule has 122 valence electrons. The Labute approximate surface area is 137 Å². The number of carbonyl (C=O) groups is 1. The lowest BCUT2D eigenvalue weighted by Crippen LogP contribution is -2.47. The third-order valence-corrected chi connectivity index (χ3v) is 4.78. The van der Waals surface area contributed by atoms with Gasteiger partial charge in [-0.15, -0.1) is 0 Å². The Kier molecular flexibility index (Phi) is 6.68. The number of nitrogens with two attached hydrogens (primary N) is 1. The zero-order valence-electron chi connectivity index (χ0n) is 12.8. The van der Waals surface area contributed by atoms with Crippen LogP contribution in [0.1, 0.15) is 44.1 Å². The minimum atomic E-state index is -1.16. The SMILES string of the molecule is N[C@H](CC1CCCCC1)C(O)C(=O)NCc1ccccc1Cl. The summed E-state index contributed by atoms with van der Waals surface area (Å²) in [5.41, 5.74) is 6.84. The molecule has 2 rings (SSSR count). The highest BCUT2D eigenvalue weighted by molar-refractivity contribution is 6.31. The van der Waals surface area contributed by atoms with Crippen LogP contribution in [0.3, 0.4) is 0 Å². The zero-order chi connectivity index (χ0) is 15.9. The van der Waals surface area contributed by atoms with Crippen molar-refractivity contribution in [3.05, 3.63) is 34.9 Å². The number of halogens is 1. The van der Waals surface area contributed by atoms with E-state index in [1.807, 2.05) is 18.2 Å². The molecule has 0 bridgehead atoms. The Balaban J connectivity index is 1.79. The van der Waals surface area contributed by atoms with Gasteiger partial charge in [0.2, 0.25) is 0 Å². The number of aliphatic hydroxyl groups is 1. The van der Waals surface area contributed by atoms with Crippen LogP contribution in [0, 0.1) is 5.92 Å². The van der Waals surface area contributed by atoms with E-state index >= 15 is 0 Å². The second kappa shape index (κ2) is 8.51. The molecule has 1 unspecified atom stereocenters. The average molecular weight is 325 g/mol. The molecule has 5 heteroatoms. The predicted octanol–water partition coefficient (Wildman–Crippen LogP) is 2.61. The first kappa shape index (κ1) is 17.3. The van der Waals surface area contributed by atoms with Gasteiger partial charge in [0.05, 0.1) is 0 Å². The lowest BCUT2D eigenvalue weighted by Gasteiger charge is -2.26. The number of rotatable bonds is 6. The van der Waals surface area contributed by atoms with Crippen LogP contribution in [0.15, 0.2) is 24.3 Å². The fourth-order valence-electron chi connectivity index (χ4n) is 3.06. The van der Waals surface area contributed by atoms with Crippen LogP contribution in [0.4, 0.5) is 0 Å². The fraction of sp³-hybridized carbons (Fsp3) is 0.588. The van der Waals surface area contributed by atoms with E-state index < -0.39 is 18.1 Å². The van der Waals surface area contributed by atoms with Crippen LogP contribution < -0.4 is 11.1 Å². The Morgan fingerprint density at radius 2 is 2.00 bits per heavy atom. The first-order valence-corrected chi connectivity index (χ1v) is 8.40. The molecule has 0 heterocycles. The summed E-state index contributed by atoms with van der Waals surface area (Å²) in [5, 5.41) is 13.4. The molecule has 1 aromatic rings. The average Bonchev–Trinajstić information content (AvgIpc) is 2.54. The Morgan fingerprint density at radius 3 is 2.68 bits per heavy atom. The van der Waals surface area contributed by atoms with Gasteiger partial charge in [0.25, 0.3) is 5.91 Å². The van der Waals surface area contributed by atoms with E-state index in [1.165, 1.54) is 19.3 Å². The van der Waals surface area contributed by atoms with Crippen molar-refractivity contribution in [3.63, 3.8) is 0 Å². The van der Waals surface area contributed by atoms with E-state index in [4.69, 9.17) is 17.3 Å². The molecule has 1 fully saturated rings. The van der Waals surface area contributed by atoms with Crippen LogP contribution in [0.25, 0.3) is 0 Å². The lowest BCUT2D eigenvalue weighted by atomic mass is 9.84. The number of hydrogen-bond acceptors (Lipinski definition) is 3. The van der Waals surface area contributed by atoms with E-state index in [-0.39, 0.29) is 0 Å². The summed E-state index contributed by atoms with van der Waals surface area (Å²) in [4.78, 5) is 12.0. The van der Waals surface area contributed by atoms with Gasteiger partial charge in [-0.05, 0) is 24.0 Å². The summed E-state index contributed by atoms with van der Waals surface area (Å²) in [6.07, 6.45) is 5.60. The first-order valence-electron chi connectivity index (χ1n) is 8.02. The van der Waals surface area contributed by atoms with E-state index in [0.717, 1.165) is 18.4 Å². The predicted molar refractivity (Wildman–Crippen MR) is 88.5 cm³/mol. The molecule has 0 spiro atoms.